The van der Waals surface area contributed by atoms with Gasteiger partial charge in [-0.3, -0.25) is 19.9 Å². The third-order valence-electron chi connectivity index (χ3n) is 4.04. The molecule has 1 saturated heterocycles. The summed E-state index contributed by atoms with van der Waals surface area (Å²) in [5, 5.41) is 6.90. The Balaban J connectivity index is 1.66. The first-order chi connectivity index (χ1) is 10.1. The number of hydrogen-bond donors (Lipinski definition) is 1. The molecule has 0 unspecified atom stereocenters. The number of hydrogen-bond acceptors (Lipinski definition) is 4. The van der Waals surface area contributed by atoms with Crippen LogP contribution in [0.5, 0.6) is 0 Å². The Bertz CT molecular complexity index is 634. The molecule has 6 nitrogen and oxygen atoms in total. The van der Waals surface area contributed by atoms with E-state index in [1.807, 2.05) is 18.0 Å². The summed E-state index contributed by atoms with van der Waals surface area (Å²) < 4.78 is 0. The van der Waals surface area contributed by atoms with Gasteiger partial charge in [0.2, 0.25) is 5.91 Å². The quantitative estimate of drug-likeness (QED) is 0.929. The molecule has 2 aromatic rings. The number of carbonyl (C=O) groups is 1. The molecule has 21 heavy (non-hydrogen) atoms. The molecule has 0 radical (unpaired) electrons. The topological polar surface area (TPSA) is 74.8 Å². The van der Waals surface area contributed by atoms with Crippen LogP contribution in [0.25, 0.3) is 11.3 Å². The van der Waals surface area contributed by atoms with Crippen molar-refractivity contribution in [3.05, 3.63) is 30.0 Å². The SMILES string of the molecule is CC(=O)N1CC[C@H](Cc2cnc(-c3cn[nH]c3C)cn2)C1. The summed E-state index contributed by atoms with van der Waals surface area (Å²) in [4.78, 5) is 22.2. The maximum atomic E-state index is 11.3. The van der Waals surface area contributed by atoms with Gasteiger partial charge in [0.1, 0.15) is 0 Å². The largest absolute Gasteiger partial charge is 0.343 e. The summed E-state index contributed by atoms with van der Waals surface area (Å²) in [6.07, 6.45) is 7.31. The van der Waals surface area contributed by atoms with Gasteiger partial charge in [-0.1, -0.05) is 0 Å². The van der Waals surface area contributed by atoms with E-state index in [0.29, 0.717) is 5.92 Å². The Morgan fingerprint density at radius 3 is 2.81 bits per heavy atom. The Morgan fingerprint density at radius 2 is 2.24 bits per heavy atom. The van der Waals surface area contributed by atoms with E-state index in [9.17, 15) is 4.79 Å². The fraction of sp³-hybridized carbons (Fsp3) is 0.467. The molecule has 1 atom stereocenters. The molecule has 1 aliphatic rings. The predicted molar refractivity (Wildman–Crippen MR) is 78.4 cm³/mol. The highest BCUT2D eigenvalue weighted by atomic mass is 16.2. The number of rotatable bonds is 3. The highest BCUT2D eigenvalue weighted by Crippen LogP contribution is 2.21. The number of aromatic nitrogens is 4. The third kappa shape index (κ3) is 2.94. The van der Waals surface area contributed by atoms with Gasteiger partial charge in [0, 0.05) is 37.5 Å². The van der Waals surface area contributed by atoms with Crippen LogP contribution in [0.4, 0.5) is 0 Å². The van der Waals surface area contributed by atoms with Gasteiger partial charge in [0.15, 0.2) is 0 Å². The summed E-state index contributed by atoms with van der Waals surface area (Å²) >= 11 is 0. The number of aryl methyl sites for hydroxylation is 1. The first-order valence-electron chi connectivity index (χ1n) is 7.20. The summed E-state index contributed by atoms with van der Waals surface area (Å²) in [5.74, 6) is 0.652. The zero-order chi connectivity index (χ0) is 14.8. The lowest BCUT2D eigenvalue weighted by atomic mass is 10.0. The van der Waals surface area contributed by atoms with E-state index in [-0.39, 0.29) is 5.91 Å². The molecule has 3 rings (SSSR count). The highest BCUT2D eigenvalue weighted by Gasteiger charge is 2.24. The first-order valence-corrected chi connectivity index (χ1v) is 7.20. The van der Waals surface area contributed by atoms with Crippen LogP contribution in [0.1, 0.15) is 24.7 Å². The van der Waals surface area contributed by atoms with Crippen molar-refractivity contribution in [2.24, 2.45) is 5.92 Å². The molecule has 1 amide bonds. The van der Waals surface area contributed by atoms with E-state index >= 15 is 0 Å². The van der Waals surface area contributed by atoms with Crippen molar-refractivity contribution in [1.29, 1.82) is 0 Å². The second-order valence-corrected chi connectivity index (χ2v) is 5.63. The molecule has 0 aliphatic carbocycles. The first kappa shape index (κ1) is 13.7. The van der Waals surface area contributed by atoms with E-state index in [0.717, 1.165) is 48.6 Å². The maximum Gasteiger partial charge on any atom is 0.219 e. The van der Waals surface area contributed by atoms with Gasteiger partial charge in [0.25, 0.3) is 0 Å². The van der Waals surface area contributed by atoms with Crippen molar-refractivity contribution in [3.63, 3.8) is 0 Å². The minimum absolute atomic E-state index is 0.161. The van der Waals surface area contributed by atoms with Crippen LogP contribution in [-0.2, 0) is 11.2 Å². The van der Waals surface area contributed by atoms with Gasteiger partial charge in [-0.2, -0.15) is 5.10 Å². The van der Waals surface area contributed by atoms with Crippen LogP contribution in [0.3, 0.4) is 0 Å². The molecule has 110 valence electrons. The third-order valence-corrected chi connectivity index (χ3v) is 4.04. The smallest absolute Gasteiger partial charge is 0.219 e. The number of nitrogens with zero attached hydrogens (tertiary/aromatic N) is 4. The van der Waals surface area contributed by atoms with Crippen molar-refractivity contribution >= 4 is 5.91 Å². The second-order valence-electron chi connectivity index (χ2n) is 5.63. The lowest BCUT2D eigenvalue weighted by molar-refractivity contribution is -0.127. The Hall–Kier alpha value is -2.24. The fourth-order valence-corrected chi connectivity index (χ4v) is 2.79. The van der Waals surface area contributed by atoms with Crippen molar-refractivity contribution < 1.29 is 4.79 Å². The minimum atomic E-state index is 0.161. The van der Waals surface area contributed by atoms with Gasteiger partial charge in [0.05, 0.1) is 23.8 Å². The molecule has 1 N–H and O–H groups in total. The molecule has 3 heterocycles. The normalized spacial score (nSPS) is 18.2. The van der Waals surface area contributed by atoms with Gasteiger partial charge in [-0.05, 0) is 25.7 Å². The van der Waals surface area contributed by atoms with Crippen LogP contribution in [0.15, 0.2) is 18.6 Å². The van der Waals surface area contributed by atoms with Crippen molar-refractivity contribution in [1.82, 2.24) is 25.1 Å². The number of aromatic amines is 1. The zero-order valence-corrected chi connectivity index (χ0v) is 12.3. The highest BCUT2D eigenvalue weighted by molar-refractivity contribution is 5.73. The minimum Gasteiger partial charge on any atom is -0.343 e. The molecule has 0 saturated carbocycles. The molecule has 0 bridgehead atoms. The average Bonchev–Trinajstić information content (AvgIpc) is 3.09. The van der Waals surface area contributed by atoms with Gasteiger partial charge >= 0.3 is 0 Å². The molecule has 0 spiro atoms. The number of amides is 1. The predicted octanol–water partition coefficient (Wildman–Crippen LogP) is 1.59. The van der Waals surface area contributed by atoms with Crippen molar-refractivity contribution in [2.45, 2.75) is 26.7 Å². The number of H-pyrrole nitrogens is 1. The van der Waals surface area contributed by atoms with E-state index in [2.05, 4.69) is 20.2 Å². The molecular weight excluding hydrogens is 266 g/mol. The van der Waals surface area contributed by atoms with Crippen molar-refractivity contribution in [2.75, 3.05) is 13.1 Å². The van der Waals surface area contributed by atoms with Crippen LogP contribution >= 0.6 is 0 Å². The summed E-state index contributed by atoms with van der Waals surface area (Å²) in [7, 11) is 0. The fourth-order valence-electron chi connectivity index (χ4n) is 2.79. The van der Waals surface area contributed by atoms with Gasteiger partial charge in [-0.25, -0.2) is 0 Å². The molecule has 6 heteroatoms. The summed E-state index contributed by atoms with van der Waals surface area (Å²) in [6.45, 7) is 5.29. The molecular formula is C15H19N5O. The molecule has 0 aromatic carbocycles. The van der Waals surface area contributed by atoms with E-state index in [1.165, 1.54) is 0 Å². The maximum absolute atomic E-state index is 11.3. The van der Waals surface area contributed by atoms with Crippen molar-refractivity contribution in [3.8, 4) is 11.3 Å². The number of nitrogens with one attached hydrogen (secondary N) is 1. The lowest BCUT2D eigenvalue weighted by Gasteiger charge is -2.13. The van der Waals surface area contributed by atoms with Crippen LogP contribution in [-0.4, -0.2) is 44.1 Å². The summed E-state index contributed by atoms with van der Waals surface area (Å²) in [5.41, 5.74) is 3.79. The van der Waals surface area contributed by atoms with Crippen LogP contribution in [0.2, 0.25) is 0 Å². The summed E-state index contributed by atoms with van der Waals surface area (Å²) in [6, 6.07) is 0. The standard InChI is InChI=1S/C15H19N5O/c1-10-14(7-18-19-10)15-8-16-13(6-17-15)5-12-3-4-20(9-12)11(2)21/h6-8,12H,3-5,9H2,1-2H3,(H,18,19)/t12-/m1/s1. The lowest BCUT2D eigenvalue weighted by Crippen LogP contribution is -2.26. The average molecular weight is 285 g/mol. The second kappa shape index (κ2) is 5.63. The monoisotopic (exact) mass is 285 g/mol. The van der Waals surface area contributed by atoms with E-state index < -0.39 is 0 Å². The van der Waals surface area contributed by atoms with Crippen LogP contribution < -0.4 is 0 Å². The van der Waals surface area contributed by atoms with E-state index in [1.54, 1.807) is 19.3 Å². The zero-order valence-electron chi connectivity index (χ0n) is 12.3. The van der Waals surface area contributed by atoms with Gasteiger partial charge in [-0.15, -0.1) is 0 Å². The molecule has 1 fully saturated rings. The Morgan fingerprint density at radius 1 is 1.38 bits per heavy atom. The Labute approximate surface area is 123 Å². The molecule has 2 aromatic heterocycles. The van der Waals surface area contributed by atoms with E-state index in [4.69, 9.17) is 0 Å². The van der Waals surface area contributed by atoms with Gasteiger partial charge < -0.3 is 4.90 Å². The number of carbonyl (C=O) groups excluding carboxylic acids is 1. The number of likely N-dealkylation sites (tertiary alicyclic amines) is 1. The molecule has 1 aliphatic heterocycles. The Kier molecular flexibility index (Phi) is 3.68. The van der Waals surface area contributed by atoms with Crippen LogP contribution in [0, 0.1) is 12.8 Å².